The molecule has 2 aromatic carbocycles. The van der Waals surface area contributed by atoms with Crippen molar-refractivity contribution in [2.45, 2.75) is 10.6 Å². The summed E-state index contributed by atoms with van der Waals surface area (Å²) in [5, 5.41) is 9.60. The summed E-state index contributed by atoms with van der Waals surface area (Å²) < 4.78 is 13.7. The molecule has 0 unspecified atom stereocenters. The highest BCUT2D eigenvalue weighted by atomic mass is 32.2. The van der Waals surface area contributed by atoms with Gasteiger partial charge in [0.15, 0.2) is 0 Å². The van der Waals surface area contributed by atoms with Crippen LogP contribution in [0.5, 0.6) is 5.75 Å². The number of thioether (sulfide) groups is 1. The Hall–Kier alpha value is -2.01. The molecule has 0 aliphatic carbocycles. The molecular weight excluding hydrogens is 265 g/mol. The molecule has 5 heteroatoms. The topological polar surface area (TPSA) is 63.3 Å². The first-order chi connectivity index (χ1) is 9.08. The van der Waals surface area contributed by atoms with Crippen LogP contribution in [0.3, 0.4) is 0 Å². The van der Waals surface area contributed by atoms with Gasteiger partial charge in [0.05, 0.1) is 0 Å². The molecular formula is C14H12FNO2S. The van der Waals surface area contributed by atoms with Gasteiger partial charge in [0.25, 0.3) is 0 Å². The summed E-state index contributed by atoms with van der Waals surface area (Å²) in [6.45, 7) is 0. The predicted molar refractivity (Wildman–Crippen MR) is 72.6 cm³/mol. The Balaban J connectivity index is 2.12. The second-order valence-electron chi connectivity index (χ2n) is 3.93. The number of rotatable bonds is 4. The molecule has 0 fully saturated rings. The van der Waals surface area contributed by atoms with Gasteiger partial charge in [-0.05, 0) is 29.8 Å². The SMILES string of the molecule is NC(=O)c1ccc(CSc2ccccc2O)c(F)c1. The molecule has 3 nitrogen and oxygen atoms in total. The van der Waals surface area contributed by atoms with Crippen LogP contribution in [-0.2, 0) is 5.75 Å². The molecule has 0 aromatic heterocycles. The van der Waals surface area contributed by atoms with E-state index in [1.807, 2.05) is 0 Å². The molecule has 0 aliphatic heterocycles. The number of halogens is 1. The molecule has 0 atom stereocenters. The van der Waals surface area contributed by atoms with Crippen LogP contribution in [-0.4, -0.2) is 11.0 Å². The normalized spacial score (nSPS) is 10.4. The molecule has 19 heavy (non-hydrogen) atoms. The van der Waals surface area contributed by atoms with Gasteiger partial charge in [0.2, 0.25) is 5.91 Å². The van der Waals surface area contributed by atoms with Gasteiger partial charge in [-0.15, -0.1) is 11.8 Å². The molecule has 0 aliphatic rings. The zero-order valence-electron chi connectivity index (χ0n) is 9.97. The molecule has 2 rings (SSSR count). The van der Waals surface area contributed by atoms with Gasteiger partial charge in [-0.1, -0.05) is 18.2 Å². The van der Waals surface area contributed by atoms with Crippen molar-refractivity contribution in [3.05, 3.63) is 59.4 Å². The lowest BCUT2D eigenvalue weighted by molar-refractivity contribution is 0.1000. The van der Waals surface area contributed by atoms with E-state index in [9.17, 15) is 14.3 Å². The monoisotopic (exact) mass is 277 g/mol. The van der Waals surface area contributed by atoms with Gasteiger partial charge in [-0.2, -0.15) is 0 Å². The number of primary amides is 1. The maximum atomic E-state index is 13.7. The van der Waals surface area contributed by atoms with Crippen molar-refractivity contribution in [1.29, 1.82) is 0 Å². The summed E-state index contributed by atoms with van der Waals surface area (Å²) in [5.41, 5.74) is 5.68. The predicted octanol–water partition coefficient (Wildman–Crippen LogP) is 2.92. The highest BCUT2D eigenvalue weighted by Crippen LogP contribution is 2.31. The molecule has 0 saturated carbocycles. The summed E-state index contributed by atoms with van der Waals surface area (Å²) in [5.74, 6) is -0.595. The number of hydrogen-bond donors (Lipinski definition) is 2. The van der Waals surface area contributed by atoms with E-state index in [4.69, 9.17) is 5.73 Å². The van der Waals surface area contributed by atoms with Crippen LogP contribution in [0.15, 0.2) is 47.4 Å². The first kappa shape index (κ1) is 13.4. The molecule has 3 N–H and O–H groups in total. The standard InChI is InChI=1S/C14H12FNO2S/c15-11-7-9(14(16)18)5-6-10(11)8-19-13-4-2-1-3-12(13)17/h1-7,17H,8H2,(H2,16,18). The van der Waals surface area contributed by atoms with Gasteiger partial charge in [-0.3, -0.25) is 4.79 Å². The number of phenolic OH excluding ortho intramolecular Hbond substituents is 1. The van der Waals surface area contributed by atoms with Crippen molar-refractivity contribution in [1.82, 2.24) is 0 Å². The molecule has 98 valence electrons. The first-order valence-electron chi connectivity index (χ1n) is 5.57. The lowest BCUT2D eigenvalue weighted by atomic mass is 10.1. The zero-order chi connectivity index (χ0) is 13.8. The quantitative estimate of drug-likeness (QED) is 0.845. The van der Waals surface area contributed by atoms with Crippen LogP contribution >= 0.6 is 11.8 Å². The van der Waals surface area contributed by atoms with Crippen molar-refractivity contribution in [2.24, 2.45) is 5.73 Å². The zero-order valence-corrected chi connectivity index (χ0v) is 10.8. The number of para-hydroxylation sites is 1. The van der Waals surface area contributed by atoms with Crippen LogP contribution in [0.4, 0.5) is 4.39 Å². The second kappa shape index (κ2) is 5.75. The number of carbonyl (C=O) groups is 1. The Morgan fingerprint density at radius 2 is 2.00 bits per heavy atom. The number of hydrogen-bond acceptors (Lipinski definition) is 3. The van der Waals surface area contributed by atoms with E-state index in [-0.39, 0.29) is 11.3 Å². The number of nitrogens with two attached hydrogens (primary N) is 1. The molecule has 0 heterocycles. The van der Waals surface area contributed by atoms with Gasteiger partial charge in [-0.25, -0.2) is 4.39 Å². The lowest BCUT2D eigenvalue weighted by Crippen LogP contribution is -2.11. The van der Waals surface area contributed by atoms with E-state index >= 15 is 0 Å². The summed E-state index contributed by atoms with van der Waals surface area (Å²) in [6, 6.07) is 11.0. The van der Waals surface area contributed by atoms with Crippen molar-refractivity contribution in [3.8, 4) is 5.75 Å². The molecule has 2 aromatic rings. The number of aromatic hydroxyl groups is 1. The fourth-order valence-electron chi connectivity index (χ4n) is 1.55. The summed E-state index contributed by atoms with van der Waals surface area (Å²) in [7, 11) is 0. The number of carbonyl (C=O) groups excluding carboxylic acids is 1. The van der Waals surface area contributed by atoms with Crippen LogP contribution in [0.1, 0.15) is 15.9 Å². The third-order valence-corrected chi connectivity index (χ3v) is 3.70. The summed E-state index contributed by atoms with van der Waals surface area (Å²) in [6.07, 6.45) is 0. The van der Waals surface area contributed by atoms with E-state index in [1.54, 1.807) is 24.3 Å². The Bertz CT molecular complexity index is 616. The fraction of sp³-hybridized carbons (Fsp3) is 0.0714. The van der Waals surface area contributed by atoms with E-state index in [0.29, 0.717) is 16.2 Å². The Kier molecular flexibility index (Phi) is 4.06. The van der Waals surface area contributed by atoms with Crippen LogP contribution in [0.2, 0.25) is 0 Å². The summed E-state index contributed by atoms with van der Waals surface area (Å²) >= 11 is 1.32. The van der Waals surface area contributed by atoms with Crippen molar-refractivity contribution >= 4 is 17.7 Å². The second-order valence-corrected chi connectivity index (χ2v) is 4.94. The Morgan fingerprint density at radius 3 is 2.63 bits per heavy atom. The fourth-order valence-corrected chi connectivity index (χ4v) is 2.49. The maximum Gasteiger partial charge on any atom is 0.248 e. The van der Waals surface area contributed by atoms with Crippen molar-refractivity contribution < 1.29 is 14.3 Å². The highest BCUT2D eigenvalue weighted by Gasteiger charge is 2.08. The molecule has 0 bridgehead atoms. The molecule has 0 spiro atoms. The molecule has 0 saturated heterocycles. The molecule has 1 amide bonds. The van der Waals surface area contributed by atoms with Crippen molar-refractivity contribution in [3.63, 3.8) is 0 Å². The van der Waals surface area contributed by atoms with Crippen molar-refractivity contribution in [2.75, 3.05) is 0 Å². The largest absolute Gasteiger partial charge is 0.507 e. The van der Waals surface area contributed by atoms with Crippen LogP contribution in [0.25, 0.3) is 0 Å². The molecule has 0 radical (unpaired) electrons. The lowest BCUT2D eigenvalue weighted by Gasteiger charge is -2.06. The minimum absolute atomic E-state index is 0.147. The van der Waals surface area contributed by atoms with E-state index < -0.39 is 11.7 Å². The number of amides is 1. The minimum Gasteiger partial charge on any atom is -0.507 e. The Morgan fingerprint density at radius 1 is 1.26 bits per heavy atom. The average molecular weight is 277 g/mol. The first-order valence-corrected chi connectivity index (χ1v) is 6.55. The van der Waals surface area contributed by atoms with Gasteiger partial charge >= 0.3 is 0 Å². The van der Waals surface area contributed by atoms with Crippen LogP contribution < -0.4 is 5.73 Å². The van der Waals surface area contributed by atoms with Gasteiger partial charge < -0.3 is 10.8 Å². The smallest absolute Gasteiger partial charge is 0.248 e. The maximum absolute atomic E-state index is 13.7. The van der Waals surface area contributed by atoms with Crippen LogP contribution in [0, 0.1) is 5.82 Å². The van der Waals surface area contributed by atoms with Gasteiger partial charge in [0, 0.05) is 16.2 Å². The Labute approximate surface area is 114 Å². The summed E-state index contributed by atoms with van der Waals surface area (Å²) in [4.78, 5) is 11.6. The third-order valence-electron chi connectivity index (χ3n) is 2.59. The third kappa shape index (κ3) is 3.26. The van der Waals surface area contributed by atoms with E-state index in [0.717, 1.165) is 6.07 Å². The number of phenols is 1. The number of benzene rings is 2. The van der Waals surface area contributed by atoms with E-state index in [1.165, 1.54) is 23.9 Å². The van der Waals surface area contributed by atoms with Gasteiger partial charge in [0.1, 0.15) is 11.6 Å². The minimum atomic E-state index is -0.654. The average Bonchev–Trinajstić information content (AvgIpc) is 2.39. The van der Waals surface area contributed by atoms with E-state index in [2.05, 4.69) is 0 Å². The highest BCUT2D eigenvalue weighted by molar-refractivity contribution is 7.98.